The maximum Gasteiger partial charge on any atom is 0.250 e. The van der Waals surface area contributed by atoms with Crippen LogP contribution < -0.4 is 13.9 Å². The van der Waals surface area contributed by atoms with Crippen LogP contribution in [-0.2, 0) is 17.8 Å². The number of ether oxygens (including phenoxy) is 3. The highest BCUT2D eigenvalue weighted by Gasteiger charge is 2.40. The van der Waals surface area contributed by atoms with Gasteiger partial charge in [0.05, 0.1) is 31.5 Å². The summed E-state index contributed by atoms with van der Waals surface area (Å²) in [7, 11) is 1.06. The van der Waals surface area contributed by atoms with Gasteiger partial charge in [-0.3, -0.25) is 0 Å². The van der Waals surface area contributed by atoms with E-state index in [4.69, 9.17) is 18.6 Å². The third-order valence-corrected chi connectivity index (χ3v) is 14.1. The van der Waals surface area contributed by atoms with E-state index in [1.165, 1.54) is 0 Å². The maximum atomic E-state index is 11.5. The number of benzene rings is 2. The van der Waals surface area contributed by atoms with Crippen molar-refractivity contribution in [2.75, 3.05) is 25.7 Å². The highest BCUT2D eigenvalue weighted by Crippen LogP contribution is 2.45. The summed E-state index contributed by atoms with van der Waals surface area (Å²) in [5.41, 5.74) is 1.79. The molecule has 0 fully saturated rings. The predicted molar refractivity (Wildman–Crippen MR) is 168 cm³/mol. The van der Waals surface area contributed by atoms with Crippen molar-refractivity contribution in [3.05, 3.63) is 53.6 Å². The van der Waals surface area contributed by atoms with Crippen molar-refractivity contribution in [2.24, 2.45) is 0 Å². The lowest BCUT2D eigenvalue weighted by Gasteiger charge is -2.37. The molecule has 0 aliphatic carbocycles. The third kappa shape index (κ3) is 9.61. The Balaban J connectivity index is 2.37. The van der Waals surface area contributed by atoms with Crippen molar-refractivity contribution in [2.45, 2.75) is 88.7 Å². The molecule has 3 atom stereocenters. The largest absolute Gasteiger partial charge is 0.539 e. The molecule has 0 bridgehead atoms. The molecule has 6 nitrogen and oxygen atoms in total. The second-order valence-electron chi connectivity index (χ2n) is 11.0. The minimum absolute atomic E-state index is 0.000876. The van der Waals surface area contributed by atoms with E-state index >= 15 is 0 Å². The molecule has 0 amide bonds. The topological polar surface area (TPSA) is 77.4 Å². The molecule has 2 aromatic rings. The van der Waals surface area contributed by atoms with Crippen LogP contribution in [0.3, 0.4) is 0 Å². The van der Waals surface area contributed by atoms with E-state index in [1.807, 2.05) is 42.5 Å². The highest BCUT2D eigenvalue weighted by atomic mass is 32.2. The van der Waals surface area contributed by atoms with E-state index in [0.29, 0.717) is 23.9 Å². The van der Waals surface area contributed by atoms with E-state index in [1.54, 1.807) is 37.7 Å². The fourth-order valence-corrected chi connectivity index (χ4v) is 7.43. The van der Waals surface area contributed by atoms with Crippen LogP contribution in [0.25, 0.3) is 0 Å². The summed E-state index contributed by atoms with van der Waals surface area (Å²) >= 11 is 3.35. The Labute approximate surface area is 245 Å². The Hall–Kier alpha value is -1.36. The number of methoxy groups -OCH3 is 2. The van der Waals surface area contributed by atoms with E-state index in [2.05, 4.69) is 47.7 Å². The van der Waals surface area contributed by atoms with Crippen LogP contribution in [0.1, 0.15) is 45.7 Å². The maximum absolute atomic E-state index is 11.5. The van der Waals surface area contributed by atoms with Crippen molar-refractivity contribution in [1.82, 2.24) is 0 Å². The zero-order valence-electron chi connectivity index (χ0n) is 25.0. The van der Waals surface area contributed by atoms with Crippen molar-refractivity contribution in [3.63, 3.8) is 0 Å². The van der Waals surface area contributed by atoms with Crippen LogP contribution >= 0.6 is 23.5 Å². The summed E-state index contributed by atoms with van der Waals surface area (Å²) < 4.78 is 24.2. The van der Waals surface area contributed by atoms with Crippen molar-refractivity contribution < 1.29 is 28.8 Å². The number of aliphatic hydroxyl groups excluding tert-OH is 2. The number of rotatable bonds is 16. The molecule has 0 aliphatic rings. The molecule has 0 aliphatic heterocycles. The first-order chi connectivity index (χ1) is 18.4. The molecule has 2 N–H and O–H groups in total. The zero-order chi connectivity index (χ0) is 29.2. The first-order valence-electron chi connectivity index (χ1n) is 13.6. The average Bonchev–Trinajstić information content (AvgIpc) is 2.88. The summed E-state index contributed by atoms with van der Waals surface area (Å²) in [6, 6.07) is 13.6. The fraction of sp³-hybridized carbons (Fsp3) is 0.600. The van der Waals surface area contributed by atoms with Gasteiger partial charge in [0.1, 0.15) is 12.2 Å². The Morgan fingerprint density at radius 2 is 1.41 bits per heavy atom. The second kappa shape index (κ2) is 15.6. The minimum Gasteiger partial charge on any atom is -0.539 e. The molecular formula is C30H48O6S2Si. The van der Waals surface area contributed by atoms with Crippen LogP contribution in [0.5, 0.6) is 17.2 Å². The molecule has 0 saturated carbocycles. The van der Waals surface area contributed by atoms with Crippen molar-refractivity contribution >= 4 is 31.8 Å². The molecular weight excluding hydrogens is 549 g/mol. The molecule has 220 valence electrons. The normalized spacial score (nSPS) is 14.7. The molecule has 0 unspecified atom stereocenters. The van der Waals surface area contributed by atoms with E-state index < -0.39 is 26.6 Å². The van der Waals surface area contributed by atoms with Crippen LogP contribution in [0, 0.1) is 0 Å². The molecule has 0 heterocycles. The Morgan fingerprint density at radius 1 is 0.872 bits per heavy atom. The van der Waals surface area contributed by atoms with Gasteiger partial charge in [0.2, 0.25) is 0 Å². The summed E-state index contributed by atoms with van der Waals surface area (Å²) in [6.07, 6.45) is -2.34. The van der Waals surface area contributed by atoms with Gasteiger partial charge in [-0.1, -0.05) is 65.0 Å². The Kier molecular flexibility index (Phi) is 13.5. The monoisotopic (exact) mass is 596 g/mol. The molecule has 39 heavy (non-hydrogen) atoms. The van der Waals surface area contributed by atoms with Gasteiger partial charge in [-0.15, -0.1) is 23.5 Å². The van der Waals surface area contributed by atoms with Crippen molar-refractivity contribution in [3.8, 4) is 17.2 Å². The molecule has 0 spiro atoms. The average molecular weight is 597 g/mol. The third-order valence-electron chi connectivity index (χ3n) is 7.07. The van der Waals surface area contributed by atoms with Crippen LogP contribution in [-0.4, -0.2) is 67.1 Å². The van der Waals surface area contributed by atoms with E-state index in [0.717, 1.165) is 22.6 Å². The van der Waals surface area contributed by atoms with Gasteiger partial charge in [-0.05, 0) is 52.9 Å². The standard InChI is InChI=1S/C30H48O6S2Si/c1-10-37-29(38-11-2)26(32)27(35-20-21-15-13-12-14-16-21)23(31)17-22-18-24(33-6)28(25(19-22)34-7)36-39(8,9)30(3,4)5/h12-16,18-19,23,26-27,29,31-32H,10-11,17,20H2,1-9H3/t23-,26-,27+/m1/s1. The quantitative estimate of drug-likeness (QED) is 0.162. The zero-order valence-corrected chi connectivity index (χ0v) is 27.7. The lowest BCUT2D eigenvalue weighted by atomic mass is 9.99. The van der Waals surface area contributed by atoms with Gasteiger partial charge >= 0.3 is 0 Å². The van der Waals surface area contributed by atoms with E-state index in [9.17, 15) is 10.2 Å². The fourth-order valence-electron chi connectivity index (χ4n) is 3.85. The van der Waals surface area contributed by atoms with Gasteiger partial charge in [-0.25, -0.2) is 0 Å². The number of hydrogen-bond donors (Lipinski definition) is 2. The molecule has 2 rings (SSSR count). The lowest BCUT2D eigenvalue weighted by Crippen LogP contribution is -2.45. The summed E-state index contributed by atoms with van der Waals surface area (Å²) in [5.74, 6) is 3.43. The second-order valence-corrected chi connectivity index (χ2v) is 18.9. The highest BCUT2D eigenvalue weighted by molar-refractivity contribution is 8.17. The predicted octanol–water partition coefficient (Wildman–Crippen LogP) is 6.77. The Bertz CT molecular complexity index is 968. The van der Waals surface area contributed by atoms with Crippen LogP contribution in [0.2, 0.25) is 18.1 Å². The van der Waals surface area contributed by atoms with Crippen LogP contribution in [0.15, 0.2) is 42.5 Å². The van der Waals surface area contributed by atoms with Gasteiger partial charge in [0.25, 0.3) is 8.32 Å². The summed E-state index contributed by atoms with van der Waals surface area (Å²) in [5, 5.41) is 22.9. The summed E-state index contributed by atoms with van der Waals surface area (Å²) in [4.78, 5) is 0. The molecule has 0 saturated heterocycles. The SMILES string of the molecule is CCSC(SCC)[C@H](O)[C@@H](OCc1ccccc1)[C@H](O)Cc1cc(OC)c(O[Si](C)(C)C(C)(C)C)c(OC)c1. The molecule has 0 aromatic heterocycles. The summed E-state index contributed by atoms with van der Waals surface area (Å²) in [6.45, 7) is 15.4. The van der Waals surface area contributed by atoms with Gasteiger partial charge < -0.3 is 28.8 Å². The lowest BCUT2D eigenvalue weighted by molar-refractivity contribution is -0.101. The molecule has 0 radical (unpaired) electrons. The van der Waals surface area contributed by atoms with Gasteiger partial charge in [-0.2, -0.15) is 0 Å². The minimum atomic E-state index is -2.16. The number of aliphatic hydroxyl groups is 2. The molecule has 9 heteroatoms. The molecule has 2 aromatic carbocycles. The Morgan fingerprint density at radius 3 is 1.87 bits per heavy atom. The van der Waals surface area contributed by atoms with Crippen LogP contribution in [0.4, 0.5) is 0 Å². The first kappa shape index (κ1) is 33.8. The van der Waals surface area contributed by atoms with Crippen molar-refractivity contribution in [1.29, 1.82) is 0 Å². The first-order valence-corrected chi connectivity index (χ1v) is 18.6. The van der Waals surface area contributed by atoms with Gasteiger partial charge in [0.15, 0.2) is 17.2 Å². The smallest absolute Gasteiger partial charge is 0.250 e. The number of hydrogen-bond acceptors (Lipinski definition) is 8. The van der Waals surface area contributed by atoms with Gasteiger partial charge in [0, 0.05) is 6.42 Å². The number of thioether (sulfide) groups is 2. The van der Waals surface area contributed by atoms with E-state index in [-0.39, 0.29) is 16.0 Å².